The van der Waals surface area contributed by atoms with Gasteiger partial charge in [-0.3, -0.25) is 4.79 Å². The third-order valence-corrected chi connectivity index (χ3v) is 5.25. The van der Waals surface area contributed by atoms with Crippen LogP contribution >= 0.6 is 0 Å². The monoisotopic (exact) mass is 387 g/mol. The molecule has 1 fully saturated rings. The lowest BCUT2D eigenvalue weighted by Gasteiger charge is -2.43. The van der Waals surface area contributed by atoms with Crippen molar-refractivity contribution in [2.75, 3.05) is 24.2 Å². The number of amides is 1. The highest BCUT2D eigenvalue weighted by Gasteiger charge is 2.46. The molecule has 2 aromatic carbocycles. The van der Waals surface area contributed by atoms with E-state index in [4.69, 9.17) is 4.28 Å². The molecule has 0 aromatic heterocycles. The molecule has 0 N–H and O–H groups in total. The fourth-order valence-electron chi connectivity index (χ4n) is 3.61. The highest BCUT2D eigenvalue weighted by atomic mass is 32.2. The Labute approximate surface area is 158 Å². The van der Waals surface area contributed by atoms with E-state index in [-0.39, 0.29) is 5.91 Å². The first-order chi connectivity index (χ1) is 12.8. The molecule has 0 radical (unpaired) electrons. The van der Waals surface area contributed by atoms with Gasteiger partial charge in [0.15, 0.2) is 6.29 Å². The number of fused-ring (bicyclic) bond motifs is 2. The molecule has 2 aromatic rings. The predicted molar refractivity (Wildman–Crippen MR) is 101 cm³/mol. The van der Waals surface area contributed by atoms with Crippen LogP contribution in [0.2, 0.25) is 0 Å². The van der Waals surface area contributed by atoms with Crippen molar-refractivity contribution in [3.63, 3.8) is 0 Å². The van der Waals surface area contributed by atoms with Gasteiger partial charge in [0.25, 0.3) is 16.0 Å². The first kappa shape index (κ1) is 18.0. The molecule has 0 aliphatic carbocycles. The summed E-state index contributed by atoms with van der Waals surface area (Å²) in [7, 11) is -3.69. The van der Waals surface area contributed by atoms with Crippen LogP contribution in [0.1, 0.15) is 21.5 Å². The van der Waals surface area contributed by atoms with E-state index in [0.29, 0.717) is 25.2 Å². The molecule has 142 valence electrons. The van der Waals surface area contributed by atoms with E-state index in [1.807, 2.05) is 54.3 Å². The number of hydroxylamine groups is 2. The number of hydrogen-bond donors (Lipinski definition) is 0. The minimum atomic E-state index is -3.69. The van der Waals surface area contributed by atoms with Gasteiger partial charge in [0, 0.05) is 19.6 Å². The molecule has 2 aliphatic heterocycles. The second-order valence-corrected chi connectivity index (χ2v) is 8.45. The Balaban J connectivity index is 1.76. The average molecular weight is 387 g/mol. The second kappa shape index (κ2) is 6.63. The van der Waals surface area contributed by atoms with E-state index in [0.717, 1.165) is 23.1 Å². The molecule has 0 bridgehead atoms. The quantitative estimate of drug-likeness (QED) is 0.799. The number of carbonyl (C=O) groups excluding carboxylic acids is 1. The lowest BCUT2D eigenvalue weighted by atomic mass is 10.1. The first-order valence-corrected chi connectivity index (χ1v) is 10.5. The number of nitrogens with zero attached hydrogens (tertiary/aromatic N) is 3. The molecule has 0 spiro atoms. The van der Waals surface area contributed by atoms with Crippen molar-refractivity contribution in [2.24, 2.45) is 0 Å². The average Bonchev–Trinajstić information content (AvgIpc) is 3.02. The van der Waals surface area contributed by atoms with E-state index in [9.17, 15) is 13.2 Å². The molecule has 4 rings (SSSR count). The smallest absolute Gasteiger partial charge is 0.280 e. The summed E-state index contributed by atoms with van der Waals surface area (Å²) in [6, 6.07) is 15.5. The van der Waals surface area contributed by atoms with Gasteiger partial charge in [0.1, 0.15) is 0 Å². The molecule has 1 unspecified atom stereocenters. The van der Waals surface area contributed by atoms with Gasteiger partial charge in [-0.05, 0) is 24.6 Å². The van der Waals surface area contributed by atoms with E-state index in [1.165, 1.54) is 5.06 Å². The Morgan fingerprint density at radius 3 is 2.48 bits per heavy atom. The Bertz CT molecular complexity index is 975. The zero-order valence-electron chi connectivity index (χ0n) is 15.2. The lowest BCUT2D eigenvalue weighted by molar-refractivity contribution is -0.0863. The maximum atomic E-state index is 12.9. The number of anilines is 1. The molecule has 8 heteroatoms. The zero-order valence-corrected chi connectivity index (χ0v) is 16.0. The van der Waals surface area contributed by atoms with Crippen molar-refractivity contribution in [3.05, 3.63) is 65.2 Å². The highest BCUT2D eigenvalue weighted by molar-refractivity contribution is 7.85. The predicted octanol–water partition coefficient (Wildman–Crippen LogP) is 1.95. The molecule has 1 atom stereocenters. The maximum Gasteiger partial charge on any atom is 0.280 e. The summed E-state index contributed by atoms with van der Waals surface area (Å²) >= 11 is 0. The molecule has 1 amide bonds. The summed E-state index contributed by atoms with van der Waals surface area (Å²) in [5.74, 6) is -0.115. The summed E-state index contributed by atoms with van der Waals surface area (Å²) in [5, 5.41) is 1.37. The summed E-state index contributed by atoms with van der Waals surface area (Å²) in [4.78, 5) is 16.6. The van der Waals surface area contributed by atoms with Crippen LogP contribution in [0.25, 0.3) is 0 Å². The van der Waals surface area contributed by atoms with E-state index < -0.39 is 16.4 Å². The largest absolute Gasteiger partial charge is 0.332 e. The molecule has 27 heavy (non-hydrogen) atoms. The Kier molecular flexibility index (Phi) is 4.41. The van der Waals surface area contributed by atoms with Crippen LogP contribution in [0.15, 0.2) is 48.5 Å². The second-order valence-electron chi connectivity index (χ2n) is 6.89. The molecule has 0 saturated carbocycles. The van der Waals surface area contributed by atoms with Crippen LogP contribution < -0.4 is 4.90 Å². The molecule has 2 heterocycles. The maximum absolute atomic E-state index is 12.9. The van der Waals surface area contributed by atoms with E-state index in [2.05, 4.69) is 0 Å². The number of rotatable bonds is 4. The van der Waals surface area contributed by atoms with Gasteiger partial charge in [-0.25, -0.2) is 0 Å². The standard InChI is InChI=1S/C19H21N3O4S/c1-14-7-9-15(10-8-14)13-21-17-6-4-3-5-16(17)18(23)20-11-12-22(19(20)21)26-27(2,24)25/h3-10,19H,11-13H2,1-2H3. The lowest BCUT2D eigenvalue weighted by Crippen LogP contribution is -2.57. The molecule has 7 nitrogen and oxygen atoms in total. The van der Waals surface area contributed by atoms with Crippen molar-refractivity contribution in [2.45, 2.75) is 19.8 Å². The topological polar surface area (TPSA) is 70.2 Å². The molecule has 1 saturated heterocycles. The van der Waals surface area contributed by atoms with Gasteiger partial charge < -0.3 is 9.80 Å². The van der Waals surface area contributed by atoms with Gasteiger partial charge in [-0.15, -0.1) is 5.06 Å². The van der Waals surface area contributed by atoms with Crippen molar-refractivity contribution in [1.82, 2.24) is 9.96 Å². The number of aryl methyl sites for hydroxylation is 1. The fraction of sp³-hybridized carbons (Fsp3) is 0.316. The van der Waals surface area contributed by atoms with Gasteiger partial charge in [0.2, 0.25) is 0 Å². The van der Waals surface area contributed by atoms with E-state index in [1.54, 1.807) is 11.0 Å². The van der Waals surface area contributed by atoms with Crippen LogP contribution in [-0.4, -0.2) is 49.9 Å². The van der Waals surface area contributed by atoms with Crippen LogP contribution in [0, 0.1) is 6.92 Å². The minimum absolute atomic E-state index is 0.115. The van der Waals surface area contributed by atoms with E-state index >= 15 is 0 Å². The minimum Gasteiger partial charge on any atom is -0.332 e. The van der Waals surface area contributed by atoms with Crippen LogP contribution in [0.4, 0.5) is 5.69 Å². The molecule has 2 aliphatic rings. The van der Waals surface area contributed by atoms with Crippen LogP contribution in [-0.2, 0) is 20.9 Å². The van der Waals surface area contributed by atoms with Crippen molar-refractivity contribution < 1.29 is 17.5 Å². The Morgan fingerprint density at radius 1 is 1.07 bits per heavy atom. The fourth-order valence-corrected chi connectivity index (χ4v) is 4.11. The number of hydrogen-bond acceptors (Lipinski definition) is 6. The third-order valence-electron chi connectivity index (χ3n) is 4.79. The summed E-state index contributed by atoms with van der Waals surface area (Å²) in [6.07, 6.45) is 0.405. The zero-order chi connectivity index (χ0) is 19.2. The highest BCUT2D eigenvalue weighted by Crippen LogP contribution is 2.36. The number of benzene rings is 2. The van der Waals surface area contributed by atoms with Crippen LogP contribution in [0.3, 0.4) is 0 Å². The Hall–Kier alpha value is -2.42. The molecular weight excluding hydrogens is 366 g/mol. The van der Waals surface area contributed by atoms with Crippen molar-refractivity contribution >= 4 is 21.7 Å². The van der Waals surface area contributed by atoms with Crippen molar-refractivity contribution in [3.8, 4) is 0 Å². The summed E-state index contributed by atoms with van der Waals surface area (Å²) in [6.45, 7) is 3.27. The van der Waals surface area contributed by atoms with Gasteiger partial charge >= 0.3 is 0 Å². The van der Waals surface area contributed by atoms with Gasteiger partial charge in [-0.1, -0.05) is 42.0 Å². The first-order valence-electron chi connectivity index (χ1n) is 8.72. The third kappa shape index (κ3) is 3.43. The summed E-state index contributed by atoms with van der Waals surface area (Å²) < 4.78 is 28.6. The van der Waals surface area contributed by atoms with Gasteiger partial charge in [-0.2, -0.15) is 12.7 Å². The Morgan fingerprint density at radius 2 is 1.78 bits per heavy atom. The summed E-state index contributed by atoms with van der Waals surface area (Å²) in [5.41, 5.74) is 3.61. The van der Waals surface area contributed by atoms with Crippen molar-refractivity contribution in [1.29, 1.82) is 0 Å². The number of para-hydroxylation sites is 1. The molecular formula is C19H21N3O4S. The van der Waals surface area contributed by atoms with Crippen LogP contribution in [0.5, 0.6) is 0 Å². The van der Waals surface area contributed by atoms with Gasteiger partial charge in [0.05, 0.1) is 17.5 Å². The number of carbonyl (C=O) groups is 1. The SMILES string of the molecule is Cc1ccc(CN2c3ccccc3C(=O)N3CCN(OS(C)(=O)=O)C32)cc1. The normalized spacial score (nSPS) is 19.9.